The third kappa shape index (κ3) is 5.50. The topological polar surface area (TPSA) is 73.1 Å². The van der Waals surface area contributed by atoms with Gasteiger partial charge in [-0.3, -0.25) is 4.79 Å². The first-order valence-electron chi connectivity index (χ1n) is 9.71. The van der Waals surface area contributed by atoms with Gasteiger partial charge in [0.25, 0.3) is 0 Å². The number of hydrazone groups is 1. The van der Waals surface area contributed by atoms with Gasteiger partial charge in [0.15, 0.2) is 17.3 Å². The Balaban J connectivity index is 1.45. The summed E-state index contributed by atoms with van der Waals surface area (Å²) in [7, 11) is 1.54. The number of rotatable bonds is 7. The number of nitrogens with zero attached hydrogens (tertiary/aromatic N) is 1. The Hall–Kier alpha value is -3.00. The Kier molecular flexibility index (Phi) is 7.23. The van der Waals surface area contributed by atoms with Crippen molar-refractivity contribution in [1.82, 2.24) is 5.43 Å². The molecule has 0 aliphatic rings. The standard InChI is InChI=1S/C24H17BrCl2N2O4/c1-31-21-9-14(8-18(25)23(21)32-13-16-6-7-17(26)11-19(16)27)12-28-29-24(30)22-10-15-4-2-3-5-20(15)33-22/h2-12H,13H2,1H3,(H,29,30)/b28-12-. The largest absolute Gasteiger partial charge is 0.493 e. The van der Waals surface area contributed by atoms with Crippen molar-refractivity contribution in [2.24, 2.45) is 5.10 Å². The summed E-state index contributed by atoms with van der Waals surface area (Å²) in [5.41, 5.74) is 4.56. The highest BCUT2D eigenvalue weighted by atomic mass is 79.9. The molecule has 1 N–H and O–H groups in total. The molecule has 0 bridgehead atoms. The Bertz CT molecular complexity index is 1320. The van der Waals surface area contributed by atoms with Crippen LogP contribution in [0.5, 0.6) is 11.5 Å². The molecule has 0 aliphatic heterocycles. The van der Waals surface area contributed by atoms with Crippen LogP contribution in [0.2, 0.25) is 10.0 Å². The molecule has 0 atom stereocenters. The number of hydrogen-bond donors (Lipinski definition) is 1. The van der Waals surface area contributed by atoms with Crippen molar-refractivity contribution in [2.75, 3.05) is 7.11 Å². The number of hydrogen-bond acceptors (Lipinski definition) is 5. The predicted molar refractivity (Wildman–Crippen MR) is 133 cm³/mol. The first-order chi connectivity index (χ1) is 15.9. The molecule has 0 saturated heterocycles. The molecule has 0 radical (unpaired) electrons. The molecule has 4 rings (SSSR count). The van der Waals surface area contributed by atoms with Gasteiger partial charge in [-0.15, -0.1) is 0 Å². The molecule has 9 heteroatoms. The zero-order valence-electron chi connectivity index (χ0n) is 17.3. The minimum Gasteiger partial charge on any atom is -0.493 e. The van der Waals surface area contributed by atoms with Crippen molar-refractivity contribution in [2.45, 2.75) is 6.61 Å². The summed E-state index contributed by atoms with van der Waals surface area (Å²) < 4.78 is 17.6. The summed E-state index contributed by atoms with van der Waals surface area (Å²) >= 11 is 15.7. The average Bonchev–Trinajstić information content (AvgIpc) is 3.23. The van der Waals surface area contributed by atoms with E-state index in [0.29, 0.717) is 37.2 Å². The molecule has 1 aromatic heterocycles. The van der Waals surface area contributed by atoms with Gasteiger partial charge in [0, 0.05) is 21.0 Å². The quantitative estimate of drug-likeness (QED) is 0.203. The summed E-state index contributed by atoms with van der Waals surface area (Å²) in [6, 6.07) is 17.8. The zero-order chi connectivity index (χ0) is 23.4. The van der Waals surface area contributed by atoms with Crippen LogP contribution in [0.25, 0.3) is 11.0 Å². The van der Waals surface area contributed by atoms with E-state index in [1.807, 2.05) is 18.2 Å². The number of amides is 1. The maximum absolute atomic E-state index is 12.3. The van der Waals surface area contributed by atoms with E-state index in [4.69, 9.17) is 37.1 Å². The molecule has 0 unspecified atom stereocenters. The van der Waals surface area contributed by atoms with Crippen LogP contribution in [0.1, 0.15) is 21.7 Å². The summed E-state index contributed by atoms with van der Waals surface area (Å²) in [6.07, 6.45) is 1.49. The van der Waals surface area contributed by atoms with Gasteiger partial charge in [0.2, 0.25) is 0 Å². The van der Waals surface area contributed by atoms with Crippen LogP contribution in [-0.4, -0.2) is 19.2 Å². The molecule has 0 fully saturated rings. The van der Waals surface area contributed by atoms with Gasteiger partial charge in [-0.05, 0) is 57.9 Å². The van der Waals surface area contributed by atoms with Crippen molar-refractivity contribution in [3.05, 3.63) is 92.1 Å². The predicted octanol–water partition coefficient (Wildman–Crippen LogP) is 6.85. The van der Waals surface area contributed by atoms with E-state index in [1.54, 1.807) is 42.5 Å². The third-order valence-electron chi connectivity index (χ3n) is 4.67. The molecule has 0 spiro atoms. The Labute approximate surface area is 208 Å². The Morgan fingerprint density at radius 1 is 1.15 bits per heavy atom. The van der Waals surface area contributed by atoms with Gasteiger partial charge < -0.3 is 13.9 Å². The highest BCUT2D eigenvalue weighted by molar-refractivity contribution is 9.10. The van der Waals surface area contributed by atoms with Crippen molar-refractivity contribution in [1.29, 1.82) is 0 Å². The normalized spacial score (nSPS) is 11.2. The van der Waals surface area contributed by atoms with Crippen LogP contribution in [0.15, 0.2) is 74.7 Å². The number of para-hydroxylation sites is 1. The van der Waals surface area contributed by atoms with E-state index >= 15 is 0 Å². The second-order valence-corrected chi connectivity index (χ2v) is 8.60. The van der Waals surface area contributed by atoms with Gasteiger partial charge >= 0.3 is 5.91 Å². The van der Waals surface area contributed by atoms with Gasteiger partial charge in [0.1, 0.15) is 12.2 Å². The maximum atomic E-state index is 12.3. The Morgan fingerprint density at radius 3 is 2.73 bits per heavy atom. The van der Waals surface area contributed by atoms with Crippen LogP contribution in [0.3, 0.4) is 0 Å². The lowest BCUT2D eigenvalue weighted by Crippen LogP contribution is -2.16. The average molecular weight is 548 g/mol. The number of nitrogens with one attached hydrogen (secondary N) is 1. The van der Waals surface area contributed by atoms with E-state index in [-0.39, 0.29) is 12.4 Å². The SMILES string of the molecule is COc1cc(/C=N\NC(=O)c2cc3ccccc3o2)cc(Br)c1OCc1ccc(Cl)cc1Cl. The first kappa shape index (κ1) is 23.2. The fraction of sp³-hybridized carbons (Fsp3) is 0.0833. The lowest BCUT2D eigenvalue weighted by molar-refractivity contribution is 0.0929. The molecule has 0 saturated carbocycles. The van der Waals surface area contributed by atoms with Crippen molar-refractivity contribution in [3.63, 3.8) is 0 Å². The van der Waals surface area contributed by atoms with Crippen molar-refractivity contribution in [3.8, 4) is 11.5 Å². The molecule has 3 aromatic carbocycles. The van der Waals surface area contributed by atoms with Gasteiger partial charge in [-0.25, -0.2) is 5.43 Å². The van der Waals surface area contributed by atoms with Crippen LogP contribution in [0, 0.1) is 0 Å². The van der Waals surface area contributed by atoms with E-state index in [9.17, 15) is 4.79 Å². The monoisotopic (exact) mass is 546 g/mol. The molecule has 1 heterocycles. The highest BCUT2D eigenvalue weighted by Crippen LogP contribution is 2.37. The second kappa shape index (κ2) is 10.3. The minimum atomic E-state index is -0.451. The zero-order valence-corrected chi connectivity index (χ0v) is 20.4. The van der Waals surface area contributed by atoms with Crippen molar-refractivity contribution >= 4 is 62.2 Å². The number of carbonyl (C=O) groups is 1. The minimum absolute atomic E-state index is 0.178. The molecule has 1 amide bonds. The molecule has 168 valence electrons. The number of fused-ring (bicyclic) bond motifs is 1. The number of benzene rings is 3. The van der Waals surface area contributed by atoms with Crippen LogP contribution in [-0.2, 0) is 6.61 Å². The van der Waals surface area contributed by atoms with E-state index in [1.165, 1.54) is 13.3 Å². The lowest BCUT2D eigenvalue weighted by Gasteiger charge is -2.14. The highest BCUT2D eigenvalue weighted by Gasteiger charge is 2.14. The second-order valence-electron chi connectivity index (χ2n) is 6.91. The molecular weight excluding hydrogens is 531 g/mol. The lowest BCUT2D eigenvalue weighted by atomic mass is 10.2. The van der Waals surface area contributed by atoms with Gasteiger partial charge in [-0.2, -0.15) is 5.10 Å². The van der Waals surface area contributed by atoms with Gasteiger partial charge in [0.05, 0.1) is 17.8 Å². The number of halogens is 3. The van der Waals surface area contributed by atoms with E-state index in [2.05, 4.69) is 26.5 Å². The van der Waals surface area contributed by atoms with Crippen LogP contribution in [0.4, 0.5) is 0 Å². The fourth-order valence-electron chi connectivity index (χ4n) is 3.06. The maximum Gasteiger partial charge on any atom is 0.307 e. The number of methoxy groups -OCH3 is 1. The molecule has 0 aliphatic carbocycles. The van der Waals surface area contributed by atoms with Crippen LogP contribution < -0.4 is 14.9 Å². The van der Waals surface area contributed by atoms with Gasteiger partial charge in [-0.1, -0.05) is 47.5 Å². The smallest absolute Gasteiger partial charge is 0.307 e. The summed E-state index contributed by atoms with van der Waals surface area (Å²) in [6.45, 7) is 0.228. The molecular formula is C24H17BrCl2N2O4. The fourth-order valence-corrected chi connectivity index (χ4v) is 4.09. The molecule has 33 heavy (non-hydrogen) atoms. The first-order valence-corrected chi connectivity index (χ1v) is 11.3. The van der Waals surface area contributed by atoms with E-state index in [0.717, 1.165) is 10.9 Å². The number of ether oxygens (including phenoxy) is 2. The Morgan fingerprint density at radius 2 is 1.97 bits per heavy atom. The molecule has 4 aromatic rings. The van der Waals surface area contributed by atoms with Crippen LogP contribution >= 0.6 is 39.1 Å². The number of carbonyl (C=O) groups excluding carboxylic acids is 1. The van der Waals surface area contributed by atoms with E-state index < -0.39 is 5.91 Å². The molecule has 6 nitrogen and oxygen atoms in total. The summed E-state index contributed by atoms with van der Waals surface area (Å²) in [4.78, 5) is 12.3. The summed E-state index contributed by atoms with van der Waals surface area (Å²) in [5.74, 6) is 0.719. The van der Waals surface area contributed by atoms with Crippen molar-refractivity contribution < 1.29 is 18.7 Å². The third-order valence-corrected chi connectivity index (χ3v) is 5.84. The number of furan rings is 1. The summed E-state index contributed by atoms with van der Waals surface area (Å²) in [5, 5.41) is 5.93.